The second-order valence-electron chi connectivity index (χ2n) is 3.97. The SMILES string of the molecule is CS(=O)(=O)Nc1ccn(Cc2c(F)cccc2Cl)n1. The van der Waals surface area contributed by atoms with Crippen LogP contribution in [0, 0.1) is 5.82 Å². The molecule has 1 aromatic heterocycles. The number of benzene rings is 1. The molecule has 0 aliphatic heterocycles. The number of halogens is 2. The molecule has 1 N–H and O–H groups in total. The summed E-state index contributed by atoms with van der Waals surface area (Å²) in [6.07, 6.45) is 2.57. The van der Waals surface area contributed by atoms with Crippen LogP contribution in [0.5, 0.6) is 0 Å². The van der Waals surface area contributed by atoms with Crippen molar-refractivity contribution in [3.63, 3.8) is 0 Å². The maximum atomic E-state index is 13.6. The van der Waals surface area contributed by atoms with Gasteiger partial charge in [-0.15, -0.1) is 0 Å². The first kappa shape index (κ1) is 13.8. The van der Waals surface area contributed by atoms with Crippen molar-refractivity contribution in [2.45, 2.75) is 6.54 Å². The molecule has 0 unspecified atom stereocenters. The number of rotatable bonds is 4. The monoisotopic (exact) mass is 303 g/mol. The lowest BCUT2D eigenvalue weighted by molar-refractivity contribution is 0.585. The van der Waals surface area contributed by atoms with E-state index in [-0.39, 0.29) is 12.4 Å². The van der Waals surface area contributed by atoms with E-state index < -0.39 is 15.8 Å². The molecule has 19 heavy (non-hydrogen) atoms. The lowest BCUT2D eigenvalue weighted by atomic mass is 10.2. The van der Waals surface area contributed by atoms with Crippen LogP contribution in [0.2, 0.25) is 5.02 Å². The molecule has 0 aliphatic rings. The Bertz CT molecular complexity index is 679. The smallest absolute Gasteiger partial charge is 0.231 e. The van der Waals surface area contributed by atoms with Crippen LogP contribution in [0.25, 0.3) is 0 Å². The first-order valence-corrected chi connectivity index (χ1v) is 7.56. The van der Waals surface area contributed by atoms with Crippen molar-refractivity contribution in [2.24, 2.45) is 0 Å². The summed E-state index contributed by atoms with van der Waals surface area (Å²) in [5.74, 6) is -0.254. The van der Waals surface area contributed by atoms with Gasteiger partial charge in [-0.2, -0.15) is 5.10 Å². The number of hydrogen-bond acceptors (Lipinski definition) is 3. The molecule has 0 radical (unpaired) electrons. The van der Waals surface area contributed by atoms with E-state index in [1.165, 1.54) is 29.1 Å². The Morgan fingerprint density at radius 3 is 2.79 bits per heavy atom. The van der Waals surface area contributed by atoms with Crippen LogP contribution >= 0.6 is 11.6 Å². The van der Waals surface area contributed by atoms with Crippen LogP contribution in [-0.4, -0.2) is 24.5 Å². The van der Waals surface area contributed by atoms with E-state index in [2.05, 4.69) is 9.82 Å². The Labute approximate surface area is 115 Å². The molecule has 0 aliphatic carbocycles. The van der Waals surface area contributed by atoms with Gasteiger partial charge in [-0.3, -0.25) is 9.40 Å². The van der Waals surface area contributed by atoms with Gasteiger partial charge in [0.05, 0.1) is 12.8 Å². The average molecular weight is 304 g/mol. The zero-order valence-electron chi connectivity index (χ0n) is 9.97. The summed E-state index contributed by atoms with van der Waals surface area (Å²) in [7, 11) is -3.38. The molecule has 8 heteroatoms. The quantitative estimate of drug-likeness (QED) is 0.940. The highest BCUT2D eigenvalue weighted by Crippen LogP contribution is 2.20. The van der Waals surface area contributed by atoms with Gasteiger partial charge in [-0.1, -0.05) is 17.7 Å². The molecule has 2 aromatic rings. The highest BCUT2D eigenvalue weighted by Gasteiger charge is 2.09. The number of aromatic nitrogens is 2. The third kappa shape index (κ3) is 3.68. The van der Waals surface area contributed by atoms with Crippen LogP contribution in [-0.2, 0) is 16.6 Å². The average Bonchev–Trinajstić information content (AvgIpc) is 2.69. The second kappa shape index (κ2) is 5.18. The standard InChI is InChI=1S/C11H11ClFN3O2S/c1-19(17,18)15-11-5-6-16(14-11)7-8-9(12)3-2-4-10(8)13/h2-6H,7H2,1H3,(H,14,15). The lowest BCUT2D eigenvalue weighted by Gasteiger charge is -2.06. The summed E-state index contributed by atoms with van der Waals surface area (Å²) in [4.78, 5) is 0. The van der Waals surface area contributed by atoms with Gasteiger partial charge in [0, 0.05) is 22.8 Å². The van der Waals surface area contributed by atoms with Gasteiger partial charge < -0.3 is 0 Å². The Hall–Kier alpha value is -1.60. The van der Waals surface area contributed by atoms with Gasteiger partial charge in [-0.25, -0.2) is 12.8 Å². The molecular weight excluding hydrogens is 293 g/mol. The molecule has 5 nitrogen and oxygen atoms in total. The highest BCUT2D eigenvalue weighted by molar-refractivity contribution is 7.92. The first-order valence-electron chi connectivity index (χ1n) is 5.29. The topological polar surface area (TPSA) is 64.0 Å². The third-order valence-corrected chi connectivity index (χ3v) is 3.25. The van der Waals surface area contributed by atoms with Crippen molar-refractivity contribution in [3.8, 4) is 0 Å². The largest absolute Gasteiger partial charge is 0.266 e. The second-order valence-corrected chi connectivity index (χ2v) is 6.13. The minimum atomic E-state index is -3.38. The van der Waals surface area contributed by atoms with Crippen molar-refractivity contribution in [1.82, 2.24) is 9.78 Å². The summed E-state index contributed by atoms with van der Waals surface area (Å²) in [5.41, 5.74) is 0.304. The molecule has 0 bridgehead atoms. The first-order chi connectivity index (χ1) is 8.85. The predicted molar refractivity (Wildman–Crippen MR) is 71.2 cm³/mol. The lowest BCUT2D eigenvalue weighted by Crippen LogP contribution is -2.11. The molecule has 0 fully saturated rings. The fourth-order valence-electron chi connectivity index (χ4n) is 1.54. The molecule has 0 amide bonds. The Morgan fingerprint density at radius 2 is 2.16 bits per heavy atom. The van der Waals surface area contributed by atoms with Gasteiger partial charge in [0.25, 0.3) is 0 Å². The molecular formula is C11H11ClFN3O2S. The van der Waals surface area contributed by atoms with Gasteiger partial charge >= 0.3 is 0 Å². The number of hydrogen-bond donors (Lipinski definition) is 1. The normalized spacial score (nSPS) is 11.5. The van der Waals surface area contributed by atoms with E-state index >= 15 is 0 Å². The van der Waals surface area contributed by atoms with Crippen LogP contribution < -0.4 is 4.72 Å². The van der Waals surface area contributed by atoms with Crippen molar-refractivity contribution in [2.75, 3.05) is 11.0 Å². The molecule has 2 rings (SSSR count). The summed E-state index contributed by atoms with van der Waals surface area (Å²) >= 11 is 5.90. The predicted octanol–water partition coefficient (Wildman–Crippen LogP) is 2.10. The molecule has 102 valence electrons. The van der Waals surface area contributed by atoms with Crippen molar-refractivity contribution < 1.29 is 12.8 Å². The highest BCUT2D eigenvalue weighted by atomic mass is 35.5. The Kier molecular flexibility index (Phi) is 3.77. The number of sulfonamides is 1. The Morgan fingerprint density at radius 1 is 1.42 bits per heavy atom. The van der Waals surface area contributed by atoms with Crippen LogP contribution in [0.3, 0.4) is 0 Å². The zero-order valence-corrected chi connectivity index (χ0v) is 11.5. The number of anilines is 1. The minimum Gasteiger partial charge on any atom is -0.266 e. The molecule has 0 saturated heterocycles. The van der Waals surface area contributed by atoms with E-state index in [9.17, 15) is 12.8 Å². The fraction of sp³-hybridized carbons (Fsp3) is 0.182. The zero-order chi connectivity index (χ0) is 14.0. The van der Waals surface area contributed by atoms with Crippen LogP contribution in [0.1, 0.15) is 5.56 Å². The van der Waals surface area contributed by atoms with E-state index in [1.54, 1.807) is 6.07 Å². The van der Waals surface area contributed by atoms with E-state index in [1.807, 2.05) is 0 Å². The molecule has 1 aromatic carbocycles. The van der Waals surface area contributed by atoms with Crippen molar-refractivity contribution >= 4 is 27.4 Å². The van der Waals surface area contributed by atoms with Gasteiger partial charge in [0.2, 0.25) is 10.0 Å². The molecule has 0 saturated carbocycles. The fourth-order valence-corrected chi connectivity index (χ4v) is 2.25. The van der Waals surface area contributed by atoms with Gasteiger partial charge in [0.1, 0.15) is 5.82 Å². The number of nitrogens with zero attached hydrogens (tertiary/aromatic N) is 2. The maximum Gasteiger partial charge on any atom is 0.231 e. The molecule has 0 atom stereocenters. The van der Waals surface area contributed by atoms with Crippen molar-refractivity contribution in [1.29, 1.82) is 0 Å². The van der Waals surface area contributed by atoms with E-state index in [0.29, 0.717) is 10.6 Å². The minimum absolute atomic E-state index is 0.122. The van der Waals surface area contributed by atoms with Crippen LogP contribution in [0.4, 0.5) is 10.2 Å². The van der Waals surface area contributed by atoms with Gasteiger partial charge in [-0.05, 0) is 12.1 Å². The summed E-state index contributed by atoms with van der Waals surface area (Å²) < 4.78 is 39.3. The number of nitrogens with one attached hydrogen (secondary N) is 1. The molecule has 1 heterocycles. The van der Waals surface area contributed by atoms with Crippen molar-refractivity contribution in [3.05, 3.63) is 46.9 Å². The summed E-state index contributed by atoms with van der Waals surface area (Å²) in [6.45, 7) is 0.122. The summed E-state index contributed by atoms with van der Waals surface area (Å²) in [5, 5.41) is 4.27. The molecule has 0 spiro atoms. The summed E-state index contributed by atoms with van der Waals surface area (Å²) in [6, 6.07) is 5.89. The van der Waals surface area contributed by atoms with E-state index in [0.717, 1.165) is 6.26 Å². The Balaban J connectivity index is 2.21. The maximum absolute atomic E-state index is 13.6. The van der Waals surface area contributed by atoms with Gasteiger partial charge in [0.15, 0.2) is 5.82 Å². The third-order valence-electron chi connectivity index (χ3n) is 2.31. The van der Waals surface area contributed by atoms with Crippen LogP contribution in [0.15, 0.2) is 30.5 Å². The van der Waals surface area contributed by atoms with E-state index in [4.69, 9.17) is 11.6 Å².